The average Bonchev–Trinajstić information content (AvgIpc) is 3.01. The zero-order valence-corrected chi connectivity index (χ0v) is 14.6. The number of aliphatic hydroxyl groups excluding tert-OH is 1. The second-order valence-corrected chi connectivity index (χ2v) is 8.24. The van der Waals surface area contributed by atoms with Crippen molar-refractivity contribution in [2.24, 2.45) is 5.92 Å². The van der Waals surface area contributed by atoms with Crippen LogP contribution < -0.4 is 0 Å². The summed E-state index contributed by atoms with van der Waals surface area (Å²) in [4.78, 5) is 14.1. The number of carbonyl (C=O) groups is 1. The fourth-order valence-electron chi connectivity index (χ4n) is 2.69. The van der Waals surface area contributed by atoms with Crippen LogP contribution in [0.1, 0.15) is 28.7 Å². The van der Waals surface area contributed by atoms with Gasteiger partial charge in [0, 0.05) is 33.1 Å². The molecule has 2 atom stereocenters. The molecule has 0 radical (unpaired) electrons. The van der Waals surface area contributed by atoms with Crippen LogP contribution in [0.15, 0.2) is 4.52 Å². The minimum Gasteiger partial charge on any atom is -0.391 e. The average molecular weight is 345 g/mol. The second kappa shape index (κ2) is 6.58. The van der Waals surface area contributed by atoms with Gasteiger partial charge in [-0.15, -0.1) is 0 Å². The van der Waals surface area contributed by atoms with Crippen molar-refractivity contribution in [3.05, 3.63) is 17.0 Å². The van der Waals surface area contributed by atoms with Gasteiger partial charge >= 0.3 is 0 Å². The minimum absolute atomic E-state index is 0.111. The maximum atomic E-state index is 12.7. The summed E-state index contributed by atoms with van der Waals surface area (Å²) in [5, 5.41) is 14.0. The zero-order chi connectivity index (χ0) is 17.4. The molecule has 1 aromatic rings. The molecule has 1 saturated heterocycles. The highest BCUT2D eigenvalue weighted by Crippen LogP contribution is 2.24. The highest BCUT2D eigenvalue weighted by molar-refractivity contribution is 7.89. The maximum Gasteiger partial charge on any atom is 0.259 e. The molecule has 2 heterocycles. The van der Waals surface area contributed by atoms with Crippen molar-refractivity contribution in [3.8, 4) is 0 Å². The SMILES string of the molecule is CCc1noc(C)c1C(=O)N1C[C@@H](CS(=O)(=O)N(C)C)[C@H](O)C1. The van der Waals surface area contributed by atoms with Crippen molar-refractivity contribution < 1.29 is 22.8 Å². The summed E-state index contributed by atoms with van der Waals surface area (Å²) in [6, 6.07) is 0. The molecule has 9 heteroatoms. The van der Waals surface area contributed by atoms with E-state index in [9.17, 15) is 18.3 Å². The number of β-amino-alcohol motifs (C(OH)–C–C–N with tert-alkyl or cyclic N) is 1. The van der Waals surface area contributed by atoms with Crippen LogP contribution >= 0.6 is 0 Å². The highest BCUT2D eigenvalue weighted by atomic mass is 32.2. The molecule has 23 heavy (non-hydrogen) atoms. The molecule has 0 bridgehead atoms. The van der Waals surface area contributed by atoms with Crippen LogP contribution in [0, 0.1) is 12.8 Å². The van der Waals surface area contributed by atoms with E-state index < -0.39 is 22.0 Å². The second-order valence-electron chi connectivity index (χ2n) is 6.01. The quantitative estimate of drug-likeness (QED) is 0.797. The van der Waals surface area contributed by atoms with Crippen molar-refractivity contribution in [1.82, 2.24) is 14.4 Å². The van der Waals surface area contributed by atoms with Gasteiger partial charge in [0.25, 0.3) is 5.91 Å². The van der Waals surface area contributed by atoms with E-state index in [1.54, 1.807) is 6.92 Å². The molecule has 0 aliphatic carbocycles. The number of aliphatic hydroxyl groups is 1. The van der Waals surface area contributed by atoms with Crippen LogP contribution in [0.5, 0.6) is 0 Å². The molecule has 0 spiro atoms. The van der Waals surface area contributed by atoms with Crippen LogP contribution in [0.25, 0.3) is 0 Å². The topological polar surface area (TPSA) is 104 Å². The van der Waals surface area contributed by atoms with Crippen molar-refractivity contribution in [1.29, 1.82) is 0 Å². The van der Waals surface area contributed by atoms with E-state index in [1.165, 1.54) is 19.0 Å². The molecule has 1 fully saturated rings. The van der Waals surface area contributed by atoms with E-state index in [1.807, 2.05) is 6.92 Å². The molecular formula is C14H23N3O5S. The summed E-state index contributed by atoms with van der Waals surface area (Å²) in [5.74, 6) is -0.527. The molecule has 1 N–H and O–H groups in total. The number of rotatable bonds is 5. The lowest BCUT2D eigenvalue weighted by Gasteiger charge is -2.18. The van der Waals surface area contributed by atoms with Crippen molar-refractivity contribution in [2.45, 2.75) is 26.4 Å². The van der Waals surface area contributed by atoms with Gasteiger partial charge in [0.15, 0.2) is 0 Å². The van der Waals surface area contributed by atoms with Gasteiger partial charge in [0.2, 0.25) is 10.0 Å². The first-order valence-electron chi connectivity index (χ1n) is 7.50. The van der Waals surface area contributed by atoms with Crippen molar-refractivity contribution in [3.63, 3.8) is 0 Å². The monoisotopic (exact) mass is 345 g/mol. The van der Waals surface area contributed by atoms with Gasteiger partial charge in [-0.2, -0.15) is 0 Å². The number of aryl methyl sites for hydroxylation is 2. The number of aromatic nitrogens is 1. The van der Waals surface area contributed by atoms with E-state index in [0.29, 0.717) is 23.4 Å². The van der Waals surface area contributed by atoms with Gasteiger partial charge in [-0.3, -0.25) is 4.79 Å². The van der Waals surface area contributed by atoms with E-state index in [2.05, 4.69) is 5.16 Å². The lowest BCUT2D eigenvalue weighted by atomic mass is 10.1. The van der Waals surface area contributed by atoms with E-state index in [-0.39, 0.29) is 24.7 Å². The summed E-state index contributed by atoms with van der Waals surface area (Å²) in [7, 11) is -0.530. The van der Waals surface area contributed by atoms with Crippen LogP contribution in [-0.2, 0) is 16.4 Å². The lowest BCUT2D eigenvalue weighted by Crippen LogP contribution is -2.33. The van der Waals surface area contributed by atoms with E-state index >= 15 is 0 Å². The standard InChI is InChI=1S/C14H23N3O5S/c1-5-11-13(9(2)22-15-11)14(19)17-6-10(12(18)7-17)8-23(20,21)16(3)4/h10,12,18H,5-8H2,1-4H3/t10-,12+/m0/s1. The molecular weight excluding hydrogens is 322 g/mol. The number of amides is 1. The number of hydrogen-bond acceptors (Lipinski definition) is 6. The summed E-state index contributed by atoms with van der Waals surface area (Å²) in [6.45, 7) is 3.85. The third-order valence-corrected chi connectivity index (χ3v) is 6.12. The highest BCUT2D eigenvalue weighted by Gasteiger charge is 2.39. The van der Waals surface area contributed by atoms with Crippen LogP contribution in [0.4, 0.5) is 0 Å². The molecule has 2 rings (SSSR count). The molecule has 0 saturated carbocycles. The Balaban J connectivity index is 2.15. The van der Waals surface area contributed by atoms with Crippen molar-refractivity contribution in [2.75, 3.05) is 32.9 Å². The van der Waals surface area contributed by atoms with Gasteiger partial charge in [-0.25, -0.2) is 12.7 Å². The molecule has 0 aromatic carbocycles. The normalized spacial score (nSPS) is 22.1. The molecule has 1 aliphatic rings. The lowest BCUT2D eigenvalue weighted by molar-refractivity contribution is 0.0762. The number of nitrogens with zero attached hydrogens (tertiary/aromatic N) is 3. The molecule has 1 aliphatic heterocycles. The smallest absolute Gasteiger partial charge is 0.259 e. The fraction of sp³-hybridized carbons (Fsp3) is 0.714. The van der Waals surface area contributed by atoms with Gasteiger partial charge < -0.3 is 14.5 Å². The Labute approximate surface area is 136 Å². The Hall–Kier alpha value is -1.45. The molecule has 0 unspecified atom stereocenters. The summed E-state index contributed by atoms with van der Waals surface area (Å²) < 4.78 is 30.2. The van der Waals surface area contributed by atoms with E-state index in [4.69, 9.17) is 4.52 Å². The summed E-state index contributed by atoms with van der Waals surface area (Å²) in [6.07, 6.45) is -0.299. The zero-order valence-electron chi connectivity index (χ0n) is 13.8. The Morgan fingerprint density at radius 1 is 1.43 bits per heavy atom. The third-order valence-electron chi connectivity index (χ3n) is 4.16. The Bertz CT molecular complexity index is 683. The van der Waals surface area contributed by atoms with Crippen molar-refractivity contribution >= 4 is 15.9 Å². The Morgan fingerprint density at radius 3 is 2.65 bits per heavy atom. The van der Waals surface area contributed by atoms with Gasteiger partial charge in [-0.1, -0.05) is 12.1 Å². The number of hydrogen-bond donors (Lipinski definition) is 1. The fourth-order valence-corrected chi connectivity index (χ4v) is 3.86. The number of carbonyl (C=O) groups excluding carboxylic acids is 1. The summed E-state index contributed by atoms with van der Waals surface area (Å²) >= 11 is 0. The third kappa shape index (κ3) is 3.56. The molecule has 1 amide bonds. The Morgan fingerprint density at radius 2 is 2.09 bits per heavy atom. The van der Waals surface area contributed by atoms with Crippen LogP contribution in [-0.4, -0.2) is 72.8 Å². The maximum absolute atomic E-state index is 12.7. The first kappa shape index (κ1) is 17.9. The van der Waals surface area contributed by atoms with Gasteiger partial charge in [0.1, 0.15) is 11.3 Å². The Kier molecular flexibility index (Phi) is 5.12. The van der Waals surface area contributed by atoms with Gasteiger partial charge in [0.05, 0.1) is 17.6 Å². The van der Waals surface area contributed by atoms with Gasteiger partial charge in [-0.05, 0) is 13.3 Å². The predicted octanol–water partition coefficient (Wildman–Crippen LogP) is -0.130. The van der Waals surface area contributed by atoms with Crippen LogP contribution in [0.2, 0.25) is 0 Å². The number of sulfonamides is 1. The molecule has 8 nitrogen and oxygen atoms in total. The molecule has 130 valence electrons. The van der Waals surface area contributed by atoms with Crippen LogP contribution in [0.3, 0.4) is 0 Å². The predicted molar refractivity (Wildman–Crippen MR) is 83.5 cm³/mol. The summed E-state index contributed by atoms with van der Waals surface area (Å²) in [5.41, 5.74) is 0.988. The largest absolute Gasteiger partial charge is 0.391 e. The minimum atomic E-state index is -3.43. The first-order chi connectivity index (χ1) is 10.7. The molecule has 1 aromatic heterocycles. The number of likely N-dealkylation sites (tertiary alicyclic amines) is 1. The first-order valence-corrected chi connectivity index (χ1v) is 9.11. The van der Waals surface area contributed by atoms with E-state index in [0.717, 1.165) is 4.31 Å².